The molecule has 3 atom stereocenters. The van der Waals surface area contributed by atoms with Crippen molar-refractivity contribution in [1.82, 2.24) is 10.2 Å². The quantitative estimate of drug-likeness (QED) is 0.336. The molecule has 0 aliphatic carbocycles. The summed E-state index contributed by atoms with van der Waals surface area (Å²) in [7, 11) is 0. The van der Waals surface area contributed by atoms with E-state index >= 15 is 0 Å². The molecule has 0 saturated carbocycles. The largest absolute Gasteiger partial charge is 0.573 e. The number of nitro benzene ring substituents is 1. The molecule has 1 fully saturated rings. The lowest BCUT2D eigenvalue weighted by molar-refractivity contribution is -0.385. The molecule has 1 saturated heterocycles. The topological polar surface area (TPSA) is 122 Å². The minimum absolute atomic E-state index is 0.108. The summed E-state index contributed by atoms with van der Waals surface area (Å²) in [5.74, 6) is -2.50. The number of carbonyl (C=O) groups is 2. The van der Waals surface area contributed by atoms with Gasteiger partial charge in [0, 0.05) is 42.1 Å². The van der Waals surface area contributed by atoms with Gasteiger partial charge < -0.3 is 20.1 Å². The molecule has 3 aromatic rings. The number of carboxylic acid groups (broad SMARTS) is 1. The molecule has 12 heteroatoms. The van der Waals surface area contributed by atoms with E-state index in [0.29, 0.717) is 11.1 Å². The van der Waals surface area contributed by atoms with Crippen LogP contribution in [0.5, 0.6) is 5.75 Å². The van der Waals surface area contributed by atoms with Crippen LogP contribution in [0.25, 0.3) is 0 Å². The Hall–Kier alpha value is -4.61. The van der Waals surface area contributed by atoms with Crippen LogP contribution in [0, 0.1) is 10.1 Å². The minimum atomic E-state index is -4.90. The molecule has 0 radical (unpaired) electrons. The summed E-state index contributed by atoms with van der Waals surface area (Å²) in [4.78, 5) is 37.5. The number of nitrogens with one attached hydrogen (secondary N) is 1. The molecule has 38 heavy (non-hydrogen) atoms. The van der Waals surface area contributed by atoms with Gasteiger partial charge in [-0.3, -0.25) is 14.9 Å². The number of hydrogen-bond acceptors (Lipinski definition) is 5. The third-order valence-electron chi connectivity index (χ3n) is 6.36. The molecule has 0 bridgehead atoms. The van der Waals surface area contributed by atoms with Crippen LogP contribution in [0.3, 0.4) is 0 Å². The van der Waals surface area contributed by atoms with E-state index < -0.39 is 46.9 Å². The Balaban J connectivity index is 1.80. The third-order valence-corrected chi connectivity index (χ3v) is 6.36. The first-order valence-electron chi connectivity index (χ1n) is 11.5. The highest BCUT2D eigenvalue weighted by Crippen LogP contribution is 2.43. The summed E-state index contributed by atoms with van der Waals surface area (Å²) in [5.41, 5.74) is 0.780. The van der Waals surface area contributed by atoms with Gasteiger partial charge in [-0.1, -0.05) is 48.5 Å². The van der Waals surface area contributed by atoms with Gasteiger partial charge in [0.2, 0.25) is 0 Å². The molecule has 9 nitrogen and oxygen atoms in total. The number of hydrogen-bond donors (Lipinski definition) is 2. The van der Waals surface area contributed by atoms with E-state index in [1.165, 1.54) is 30.3 Å². The Morgan fingerprint density at radius 1 is 0.974 bits per heavy atom. The third kappa shape index (κ3) is 6.02. The van der Waals surface area contributed by atoms with Crippen molar-refractivity contribution in [2.45, 2.75) is 24.2 Å². The van der Waals surface area contributed by atoms with Gasteiger partial charge in [-0.2, -0.15) is 0 Å². The molecule has 2 N–H and O–H groups in total. The first-order chi connectivity index (χ1) is 18.0. The zero-order chi connectivity index (χ0) is 27.4. The van der Waals surface area contributed by atoms with E-state index in [1.807, 2.05) is 0 Å². The smallest absolute Gasteiger partial charge is 0.465 e. The molecule has 1 aliphatic heterocycles. The number of nitrogens with zero attached hydrogens (tertiary/aromatic N) is 2. The summed E-state index contributed by atoms with van der Waals surface area (Å²) in [5, 5.41) is 24.5. The second-order valence-electron chi connectivity index (χ2n) is 8.70. The maximum Gasteiger partial charge on any atom is 0.573 e. The average Bonchev–Trinajstić information content (AvgIpc) is 2.88. The van der Waals surface area contributed by atoms with Crippen LogP contribution in [0.1, 0.15) is 33.3 Å². The fraction of sp³-hybridized carbons (Fsp3) is 0.231. The van der Waals surface area contributed by atoms with Crippen LogP contribution in [0.2, 0.25) is 0 Å². The molecule has 0 spiro atoms. The van der Waals surface area contributed by atoms with Gasteiger partial charge in [-0.15, -0.1) is 13.2 Å². The van der Waals surface area contributed by atoms with Gasteiger partial charge in [0.25, 0.3) is 11.6 Å². The van der Waals surface area contributed by atoms with Crippen LogP contribution in [-0.2, 0) is 0 Å². The molecule has 1 aliphatic rings. The summed E-state index contributed by atoms with van der Waals surface area (Å²) in [6.45, 7) is -0.264. The molecule has 0 aromatic heterocycles. The van der Waals surface area contributed by atoms with Crippen molar-refractivity contribution in [3.05, 3.63) is 106 Å². The first-order valence-corrected chi connectivity index (χ1v) is 11.5. The van der Waals surface area contributed by atoms with Crippen LogP contribution >= 0.6 is 0 Å². The highest BCUT2D eigenvalue weighted by Gasteiger charge is 2.43. The molecule has 198 valence electrons. The number of halogens is 3. The van der Waals surface area contributed by atoms with E-state index in [0.717, 1.165) is 17.0 Å². The van der Waals surface area contributed by atoms with Gasteiger partial charge in [0.15, 0.2) is 0 Å². The number of likely N-dealkylation sites (tertiary alicyclic amines) is 1. The zero-order valence-corrected chi connectivity index (χ0v) is 19.7. The summed E-state index contributed by atoms with van der Waals surface area (Å²) in [6, 6.07) is 18.1. The second kappa shape index (κ2) is 10.8. The molecular weight excluding hydrogens is 507 g/mol. The van der Waals surface area contributed by atoms with E-state index in [4.69, 9.17) is 0 Å². The van der Waals surface area contributed by atoms with Gasteiger partial charge in [0.1, 0.15) is 5.75 Å². The number of para-hydroxylation sites is 1. The molecule has 4 rings (SSSR count). The van der Waals surface area contributed by atoms with Gasteiger partial charge in [-0.25, -0.2) is 4.79 Å². The van der Waals surface area contributed by atoms with E-state index in [1.54, 1.807) is 36.4 Å². The van der Waals surface area contributed by atoms with Crippen molar-refractivity contribution < 1.29 is 37.5 Å². The standard InChI is InChI=1S/C26H22F3N3O6/c27-26(28,29)38-18-12-10-16(11-13-18)20-14-31(25(34)35)15-21(30-24(33)17-6-2-1-3-7-17)23(20)19-8-4-5-9-22(19)32(36)37/h1-13,20-21,23H,14-15H2,(H,30,33)(H,34,35). The fourth-order valence-electron chi connectivity index (χ4n) is 4.79. The van der Waals surface area contributed by atoms with Crippen molar-refractivity contribution in [1.29, 1.82) is 0 Å². The fourth-order valence-corrected chi connectivity index (χ4v) is 4.79. The van der Waals surface area contributed by atoms with Crippen LogP contribution in [-0.4, -0.2) is 52.4 Å². The Morgan fingerprint density at radius 3 is 2.21 bits per heavy atom. The average molecular weight is 529 g/mol. The number of carbonyl (C=O) groups excluding carboxylic acids is 1. The Morgan fingerprint density at radius 2 is 1.61 bits per heavy atom. The highest BCUT2D eigenvalue weighted by molar-refractivity contribution is 5.94. The normalized spacial score (nSPS) is 19.4. The first kappa shape index (κ1) is 26.5. The van der Waals surface area contributed by atoms with Crippen molar-refractivity contribution in [2.75, 3.05) is 13.1 Å². The Kier molecular flexibility index (Phi) is 7.51. The van der Waals surface area contributed by atoms with Gasteiger partial charge in [0.05, 0.1) is 11.0 Å². The van der Waals surface area contributed by atoms with E-state index in [9.17, 15) is 38.0 Å². The number of alkyl halides is 3. The molecule has 3 aromatic carbocycles. The number of benzene rings is 3. The van der Waals surface area contributed by atoms with E-state index in [-0.39, 0.29) is 24.3 Å². The van der Waals surface area contributed by atoms with Crippen molar-refractivity contribution in [3.8, 4) is 5.75 Å². The van der Waals surface area contributed by atoms with Crippen LogP contribution in [0.4, 0.5) is 23.7 Å². The van der Waals surface area contributed by atoms with E-state index in [2.05, 4.69) is 10.1 Å². The molecule has 2 amide bonds. The minimum Gasteiger partial charge on any atom is -0.465 e. The molecular formula is C26H22F3N3O6. The number of rotatable bonds is 6. The summed E-state index contributed by atoms with van der Waals surface area (Å²) >= 11 is 0. The monoisotopic (exact) mass is 529 g/mol. The number of ether oxygens (including phenoxy) is 1. The van der Waals surface area contributed by atoms with Crippen molar-refractivity contribution in [2.24, 2.45) is 0 Å². The van der Waals surface area contributed by atoms with Gasteiger partial charge in [-0.05, 0) is 29.8 Å². The maximum absolute atomic E-state index is 13.1. The Labute approximate surface area is 214 Å². The van der Waals surface area contributed by atoms with Crippen molar-refractivity contribution >= 4 is 17.7 Å². The highest BCUT2D eigenvalue weighted by atomic mass is 19.4. The summed E-state index contributed by atoms with van der Waals surface area (Å²) in [6.07, 6.45) is -6.17. The number of piperidine rings is 1. The van der Waals surface area contributed by atoms with Gasteiger partial charge >= 0.3 is 12.5 Å². The summed E-state index contributed by atoms with van der Waals surface area (Å²) < 4.78 is 41.9. The predicted octanol–water partition coefficient (Wildman–Crippen LogP) is 5.15. The SMILES string of the molecule is O=C(NC1CN(C(=O)O)CC(c2ccc(OC(F)(F)F)cc2)C1c1ccccc1[N+](=O)[O-])c1ccccc1. The Bertz CT molecular complexity index is 1320. The predicted molar refractivity (Wildman–Crippen MR) is 129 cm³/mol. The lowest BCUT2D eigenvalue weighted by Crippen LogP contribution is -2.55. The second-order valence-corrected chi connectivity index (χ2v) is 8.70. The lowest BCUT2D eigenvalue weighted by atomic mass is 9.73. The maximum atomic E-state index is 13.1. The number of amides is 2. The lowest BCUT2D eigenvalue weighted by Gasteiger charge is -2.43. The van der Waals surface area contributed by atoms with Crippen LogP contribution in [0.15, 0.2) is 78.9 Å². The zero-order valence-electron chi connectivity index (χ0n) is 19.7. The number of nitro groups is 1. The van der Waals surface area contributed by atoms with Crippen LogP contribution < -0.4 is 10.1 Å². The molecule has 1 heterocycles. The van der Waals surface area contributed by atoms with Crippen molar-refractivity contribution in [3.63, 3.8) is 0 Å². The molecule has 3 unspecified atom stereocenters.